The van der Waals surface area contributed by atoms with Gasteiger partial charge in [0.05, 0.1) is 28.8 Å². The van der Waals surface area contributed by atoms with Crippen LogP contribution in [0, 0.1) is 5.92 Å². The van der Waals surface area contributed by atoms with Crippen molar-refractivity contribution in [2.24, 2.45) is 10.9 Å². The Morgan fingerprint density at radius 1 is 1.30 bits per heavy atom. The van der Waals surface area contributed by atoms with Crippen molar-refractivity contribution in [1.82, 2.24) is 4.90 Å². The summed E-state index contributed by atoms with van der Waals surface area (Å²) in [5.74, 6) is -1.67. The highest BCUT2D eigenvalue weighted by molar-refractivity contribution is 6.42. The lowest BCUT2D eigenvalue weighted by Crippen LogP contribution is -2.50. The molecule has 9 heteroatoms. The number of carbonyl (C=O) groups is 3. The smallest absolute Gasteiger partial charge is 0.418 e. The number of amides is 3. The van der Waals surface area contributed by atoms with Crippen LogP contribution < -0.4 is 0 Å². The fraction of sp³-hybridized carbons (Fsp3) is 0.444. The molecule has 0 radical (unpaired) electrons. The zero-order valence-electron chi connectivity index (χ0n) is 15.4. The molecule has 7 nitrogen and oxygen atoms in total. The lowest BCUT2D eigenvalue weighted by molar-refractivity contribution is -0.151. The Hall–Kier alpha value is -2.12. The van der Waals surface area contributed by atoms with Gasteiger partial charge in [0.1, 0.15) is 5.92 Å². The number of urea groups is 1. The van der Waals surface area contributed by atoms with Crippen LogP contribution in [0.25, 0.3) is 0 Å². The Bertz CT molecular complexity index is 794. The van der Waals surface area contributed by atoms with Gasteiger partial charge in [-0.1, -0.05) is 35.3 Å². The van der Waals surface area contributed by atoms with Gasteiger partial charge in [0.2, 0.25) is 0 Å². The van der Waals surface area contributed by atoms with Crippen LogP contribution in [0.5, 0.6) is 0 Å². The summed E-state index contributed by atoms with van der Waals surface area (Å²) in [5, 5.41) is 0.352. The predicted octanol–water partition coefficient (Wildman–Crippen LogP) is 4.66. The van der Waals surface area contributed by atoms with Crippen molar-refractivity contribution in [1.29, 1.82) is 0 Å². The van der Waals surface area contributed by atoms with Crippen LogP contribution >= 0.6 is 23.2 Å². The van der Waals surface area contributed by atoms with Crippen molar-refractivity contribution < 1.29 is 23.9 Å². The number of esters is 1. The molecule has 0 bridgehead atoms. The molecular formula is C18H20Cl2N2O5. The van der Waals surface area contributed by atoms with Crippen LogP contribution in [0.1, 0.15) is 39.3 Å². The Morgan fingerprint density at radius 2 is 1.96 bits per heavy atom. The average Bonchev–Trinajstić information content (AvgIpc) is 2.56. The van der Waals surface area contributed by atoms with E-state index < -0.39 is 36.2 Å². The highest BCUT2D eigenvalue weighted by Gasteiger charge is 2.47. The van der Waals surface area contributed by atoms with Gasteiger partial charge < -0.3 is 9.47 Å². The second-order valence-electron chi connectivity index (χ2n) is 6.16. The van der Waals surface area contributed by atoms with E-state index in [1.807, 2.05) is 0 Å². The molecule has 146 valence electrons. The number of ether oxygens (including phenoxy) is 2. The van der Waals surface area contributed by atoms with Gasteiger partial charge in [-0.2, -0.15) is 0 Å². The van der Waals surface area contributed by atoms with Crippen LogP contribution in [0.4, 0.5) is 9.59 Å². The summed E-state index contributed by atoms with van der Waals surface area (Å²) in [6.07, 6.45) is -1.32. The molecule has 2 rings (SSSR count). The molecule has 1 aromatic carbocycles. The second kappa shape index (κ2) is 8.71. The van der Waals surface area contributed by atoms with Gasteiger partial charge in [-0.3, -0.25) is 4.79 Å². The molecule has 0 saturated carbocycles. The van der Waals surface area contributed by atoms with E-state index >= 15 is 0 Å². The molecule has 2 atom stereocenters. The molecule has 1 aliphatic heterocycles. The predicted molar refractivity (Wildman–Crippen MR) is 101 cm³/mol. The van der Waals surface area contributed by atoms with E-state index in [0.29, 0.717) is 5.56 Å². The number of hydrogen-bond donors (Lipinski definition) is 0. The van der Waals surface area contributed by atoms with Gasteiger partial charge >= 0.3 is 18.1 Å². The number of rotatable bonds is 4. The number of benzene rings is 1. The molecular weight excluding hydrogens is 395 g/mol. The second-order valence-corrected chi connectivity index (χ2v) is 6.94. The molecule has 1 heterocycles. The van der Waals surface area contributed by atoms with Crippen molar-refractivity contribution in [3.63, 3.8) is 0 Å². The summed E-state index contributed by atoms with van der Waals surface area (Å²) < 4.78 is 10.3. The first-order chi connectivity index (χ1) is 12.7. The van der Waals surface area contributed by atoms with Gasteiger partial charge in [0.25, 0.3) is 0 Å². The monoisotopic (exact) mass is 414 g/mol. The maximum atomic E-state index is 12.8. The minimum atomic E-state index is -1.09. The van der Waals surface area contributed by atoms with E-state index in [1.165, 1.54) is 6.92 Å². The largest absolute Gasteiger partial charge is 0.462 e. The van der Waals surface area contributed by atoms with Gasteiger partial charge in [-0.05, 0) is 39.3 Å². The lowest BCUT2D eigenvalue weighted by atomic mass is 9.87. The summed E-state index contributed by atoms with van der Waals surface area (Å²) in [7, 11) is 0. The third-order valence-electron chi connectivity index (χ3n) is 3.89. The molecule has 0 aliphatic carbocycles. The van der Waals surface area contributed by atoms with Crippen LogP contribution in [0.2, 0.25) is 10.0 Å². The van der Waals surface area contributed by atoms with Crippen LogP contribution in [-0.4, -0.2) is 41.4 Å². The Kier molecular flexibility index (Phi) is 6.84. The van der Waals surface area contributed by atoms with Crippen molar-refractivity contribution in [3.8, 4) is 0 Å². The topological polar surface area (TPSA) is 85.3 Å². The van der Waals surface area contributed by atoms with Crippen LogP contribution in [0.15, 0.2) is 23.2 Å². The maximum Gasteiger partial charge on any atom is 0.418 e. The maximum absolute atomic E-state index is 12.8. The van der Waals surface area contributed by atoms with Gasteiger partial charge in [-0.25, -0.2) is 19.5 Å². The number of halogens is 2. The SMILES string of the molecule is CCOC(=O)N1C(=O)N=C(C)C(C(=O)OC(C)C)C1c1cccc(Cl)c1Cl. The number of hydrogen-bond acceptors (Lipinski definition) is 5. The van der Waals surface area contributed by atoms with E-state index in [9.17, 15) is 14.4 Å². The van der Waals surface area contributed by atoms with E-state index in [1.54, 1.807) is 39.0 Å². The zero-order chi connectivity index (χ0) is 20.3. The fourth-order valence-electron chi connectivity index (χ4n) is 2.83. The normalized spacial score (nSPS) is 19.7. The summed E-state index contributed by atoms with van der Waals surface area (Å²) in [6.45, 7) is 6.57. The molecule has 3 amide bonds. The molecule has 1 aromatic rings. The highest BCUT2D eigenvalue weighted by atomic mass is 35.5. The molecule has 0 spiro atoms. The Morgan fingerprint density at radius 3 is 2.56 bits per heavy atom. The molecule has 2 unspecified atom stereocenters. The number of imide groups is 1. The highest BCUT2D eigenvalue weighted by Crippen LogP contribution is 2.40. The Labute approximate surface area is 167 Å². The molecule has 27 heavy (non-hydrogen) atoms. The lowest BCUT2D eigenvalue weighted by Gasteiger charge is -2.37. The third-order valence-corrected chi connectivity index (χ3v) is 4.73. The fourth-order valence-corrected chi connectivity index (χ4v) is 3.25. The van der Waals surface area contributed by atoms with Crippen molar-refractivity contribution >= 4 is 47.0 Å². The van der Waals surface area contributed by atoms with Crippen molar-refractivity contribution in [2.45, 2.75) is 39.8 Å². The molecule has 1 aliphatic rings. The van der Waals surface area contributed by atoms with Gasteiger partial charge in [0.15, 0.2) is 0 Å². The van der Waals surface area contributed by atoms with Crippen LogP contribution in [-0.2, 0) is 14.3 Å². The molecule has 0 fully saturated rings. The molecule has 0 N–H and O–H groups in total. The minimum Gasteiger partial charge on any atom is -0.462 e. The van der Waals surface area contributed by atoms with E-state index in [-0.39, 0.29) is 22.4 Å². The van der Waals surface area contributed by atoms with Crippen molar-refractivity contribution in [2.75, 3.05) is 6.61 Å². The van der Waals surface area contributed by atoms with E-state index in [2.05, 4.69) is 4.99 Å². The number of aliphatic imine (C=N–C) groups is 1. The molecule has 0 aromatic heterocycles. The third kappa shape index (κ3) is 4.42. The summed E-state index contributed by atoms with van der Waals surface area (Å²) in [5.41, 5.74) is 0.540. The van der Waals surface area contributed by atoms with E-state index in [4.69, 9.17) is 32.7 Å². The van der Waals surface area contributed by atoms with Gasteiger partial charge in [0, 0.05) is 5.71 Å². The standard InChI is InChI=1S/C18H20Cl2N2O5/c1-5-26-18(25)22-15(11-7-6-8-12(19)14(11)20)13(10(4)21-17(22)24)16(23)27-9(2)3/h6-9,13,15H,5H2,1-4H3. The zero-order valence-corrected chi connectivity index (χ0v) is 16.9. The first kappa shape index (κ1) is 21.2. The Balaban J connectivity index is 2.66. The average molecular weight is 415 g/mol. The van der Waals surface area contributed by atoms with E-state index in [0.717, 1.165) is 4.90 Å². The number of carbonyl (C=O) groups excluding carboxylic acids is 3. The first-order valence-electron chi connectivity index (χ1n) is 8.38. The van der Waals surface area contributed by atoms with Crippen molar-refractivity contribution in [3.05, 3.63) is 33.8 Å². The quantitative estimate of drug-likeness (QED) is 0.668. The summed E-state index contributed by atoms with van der Waals surface area (Å²) >= 11 is 12.4. The first-order valence-corrected chi connectivity index (χ1v) is 9.14. The molecule has 0 saturated heterocycles. The summed E-state index contributed by atoms with van der Waals surface area (Å²) in [6, 6.07) is 2.83. The minimum absolute atomic E-state index is 0.0441. The number of nitrogens with zero attached hydrogens (tertiary/aromatic N) is 2. The summed E-state index contributed by atoms with van der Waals surface area (Å²) in [4.78, 5) is 42.3. The van der Waals surface area contributed by atoms with Gasteiger partial charge in [-0.15, -0.1) is 0 Å². The van der Waals surface area contributed by atoms with Crippen LogP contribution in [0.3, 0.4) is 0 Å².